The molecule has 0 radical (unpaired) electrons. The molecule has 6 heteroatoms. The van der Waals surface area contributed by atoms with Crippen molar-refractivity contribution in [3.63, 3.8) is 0 Å². The highest BCUT2D eigenvalue weighted by atomic mass is 79.9. The molecule has 13 heavy (non-hydrogen) atoms. The third-order valence-corrected chi connectivity index (χ3v) is 2.24. The SMILES string of the molecule is CS(=O)(=O)OCc1cc(Br)ccn1. The van der Waals surface area contributed by atoms with E-state index in [0.717, 1.165) is 10.7 Å². The summed E-state index contributed by atoms with van der Waals surface area (Å²) in [4.78, 5) is 3.92. The van der Waals surface area contributed by atoms with E-state index in [1.165, 1.54) is 0 Å². The Morgan fingerprint density at radius 3 is 2.85 bits per heavy atom. The van der Waals surface area contributed by atoms with E-state index in [2.05, 4.69) is 25.1 Å². The van der Waals surface area contributed by atoms with E-state index < -0.39 is 10.1 Å². The molecule has 0 amide bonds. The molecule has 0 atom stereocenters. The molecule has 0 N–H and O–H groups in total. The van der Waals surface area contributed by atoms with Crippen molar-refractivity contribution in [2.45, 2.75) is 6.61 Å². The van der Waals surface area contributed by atoms with Crippen molar-refractivity contribution in [1.82, 2.24) is 4.98 Å². The van der Waals surface area contributed by atoms with Crippen LogP contribution in [-0.4, -0.2) is 19.7 Å². The normalized spacial score (nSPS) is 11.5. The summed E-state index contributed by atoms with van der Waals surface area (Å²) < 4.78 is 26.7. The predicted molar refractivity (Wildman–Crippen MR) is 51.6 cm³/mol. The third kappa shape index (κ3) is 4.35. The van der Waals surface area contributed by atoms with Crippen molar-refractivity contribution in [3.05, 3.63) is 28.5 Å². The summed E-state index contributed by atoms with van der Waals surface area (Å²) in [6.07, 6.45) is 2.58. The van der Waals surface area contributed by atoms with Gasteiger partial charge in [0.2, 0.25) is 0 Å². The van der Waals surface area contributed by atoms with Gasteiger partial charge in [-0.1, -0.05) is 15.9 Å². The summed E-state index contributed by atoms with van der Waals surface area (Å²) in [5.74, 6) is 0. The summed E-state index contributed by atoms with van der Waals surface area (Å²) in [5, 5.41) is 0. The zero-order valence-corrected chi connectivity index (χ0v) is 9.30. The Balaban J connectivity index is 2.65. The number of hydrogen-bond donors (Lipinski definition) is 0. The van der Waals surface area contributed by atoms with Crippen LogP contribution < -0.4 is 0 Å². The maximum Gasteiger partial charge on any atom is 0.264 e. The minimum Gasteiger partial charge on any atom is -0.264 e. The number of pyridine rings is 1. The first-order valence-electron chi connectivity index (χ1n) is 3.42. The zero-order valence-electron chi connectivity index (χ0n) is 6.90. The van der Waals surface area contributed by atoms with Crippen LogP contribution in [0.15, 0.2) is 22.8 Å². The van der Waals surface area contributed by atoms with Gasteiger partial charge in [0.1, 0.15) is 6.61 Å². The van der Waals surface area contributed by atoms with Gasteiger partial charge in [-0.15, -0.1) is 0 Å². The lowest BCUT2D eigenvalue weighted by atomic mass is 10.4. The van der Waals surface area contributed by atoms with Gasteiger partial charge in [0.05, 0.1) is 11.9 Å². The fourth-order valence-electron chi connectivity index (χ4n) is 0.695. The van der Waals surface area contributed by atoms with E-state index in [9.17, 15) is 8.42 Å². The van der Waals surface area contributed by atoms with Crippen molar-refractivity contribution in [2.24, 2.45) is 0 Å². The molecule has 0 bridgehead atoms. The van der Waals surface area contributed by atoms with Crippen LogP contribution >= 0.6 is 15.9 Å². The van der Waals surface area contributed by atoms with E-state index in [1.54, 1.807) is 18.3 Å². The second-order valence-corrected chi connectivity index (χ2v) is 4.99. The summed E-state index contributed by atoms with van der Waals surface area (Å²) >= 11 is 3.24. The molecule has 0 saturated carbocycles. The Kier molecular flexibility index (Phi) is 3.40. The second kappa shape index (κ2) is 4.17. The largest absolute Gasteiger partial charge is 0.264 e. The van der Waals surface area contributed by atoms with Crippen LogP contribution in [0.25, 0.3) is 0 Å². The lowest BCUT2D eigenvalue weighted by Gasteiger charge is -2.00. The molecule has 1 rings (SSSR count). The molecular formula is C7H8BrNO3S. The van der Waals surface area contributed by atoms with E-state index >= 15 is 0 Å². The Hall–Kier alpha value is -0.460. The van der Waals surface area contributed by atoms with Crippen LogP contribution in [0.4, 0.5) is 0 Å². The molecule has 1 aromatic heterocycles. The van der Waals surface area contributed by atoms with Crippen LogP contribution in [0.1, 0.15) is 5.69 Å². The van der Waals surface area contributed by atoms with Crippen molar-refractivity contribution in [2.75, 3.05) is 6.26 Å². The third-order valence-electron chi connectivity index (χ3n) is 1.20. The summed E-state index contributed by atoms with van der Waals surface area (Å²) in [5.41, 5.74) is 0.569. The van der Waals surface area contributed by atoms with Crippen LogP contribution in [-0.2, 0) is 20.9 Å². The van der Waals surface area contributed by atoms with Gasteiger partial charge < -0.3 is 0 Å². The maximum absolute atomic E-state index is 10.6. The Labute approximate surface area is 85.2 Å². The Morgan fingerprint density at radius 2 is 2.31 bits per heavy atom. The minimum absolute atomic E-state index is 0.0295. The molecule has 0 aromatic carbocycles. The van der Waals surface area contributed by atoms with Crippen molar-refractivity contribution in [1.29, 1.82) is 0 Å². The van der Waals surface area contributed by atoms with E-state index in [0.29, 0.717) is 5.69 Å². The molecular weight excluding hydrogens is 258 g/mol. The number of rotatable bonds is 3. The first-order valence-corrected chi connectivity index (χ1v) is 6.03. The maximum atomic E-state index is 10.6. The van der Waals surface area contributed by atoms with Gasteiger partial charge in [-0.05, 0) is 12.1 Å². The second-order valence-electron chi connectivity index (χ2n) is 2.43. The lowest BCUT2D eigenvalue weighted by Crippen LogP contribution is -2.03. The standard InChI is InChI=1S/C7H8BrNO3S/c1-13(10,11)12-5-7-4-6(8)2-3-9-7/h2-4H,5H2,1H3. The Morgan fingerprint density at radius 1 is 1.62 bits per heavy atom. The van der Waals surface area contributed by atoms with E-state index in [1.807, 2.05) is 0 Å². The van der Waals surface area contributed by atoms with Crippen molar-refractivity contribution < 1.29 is 12.6 Å². The van der Waals surface area contributed by atoms with E-state index in [-0.39, 0.29) is 6.61 Å². The zero-order chi connectivity index (χ0) is 9.90. The summed E-state index contributed by atoms with van der Waals surface area (Å²) in [7, 11) is -3.39. The average Bonchev–Trinajstić information content (AvgIpc) is 2.00. The van der Waals surface area contributed by atoms with Gasteiger partial charge in [0, 0.05) is 10.7 Å². The van der Waals surface area contributed by atoms with Gasteiger partial charge in [0.15, 0.2) is 0 Å². The van der Waals surface area contributed by atoms with Gasteiger partial charge in [0.25, 0.3) is 10.1 Å². The van der Waals surface area contributed by atoms with Gasteiger partial charge in [-0.25, -0.2) is 0 Å². The predicted octanol–water partition coefficient (Wildman–Crippen LogP) is 1.32. The lowest BCUT2D eigenvalue weighted by molar-refractivity contribution is 0.307. The van der Waals surface area contributed by atoms with E-state index in [4.69, 9.17) is 0 Å². The van der Waals surface area contributed by atoms with Crippen LogP contribution in [0.5, 0.6) is 0 Å². The minimum atomic E-state index is -3.39. The number of halogens is 1. The average molecular weight is 266 g/mol. The van der Waals surface area contributed by atoms with Crippen molar-refractivity contribution in [3.8, 4) is 0 Å². The molecule has 0 aliphatic heterocycles. The fraction of sp³-hybridized carbons (Fsp3) is 0.286. The highest BCUT2D eigenvalue weighted by Gasteiger charge is 2.03. The van der Waals surface area contributed by atoms with Crippen LogP contribution in [0.2, 0.25) is 0 Å². The molecule has 4 nitrogen and oxygen atoms in total. The molecule has 0 spiro atoms. The molecule has 1 heterocycles. The molecule has 72 valence electrons. The number of nitrogens with zero attached hydrogens (tertiary/aromatic N) is 1. The fourth-order valence-corrected chi connectivity index (χ4v) is 1.41. The molecule has 0 aliphatic rings. The first-order chi connectivity index (χ1) is 5.97. The van der Waals surface area contributed by atoms with Crippen LogP contribution in [0.3, 0.4) is 0 Å². The van der Waals surface area contributed by atoms with Crippen molar-refractivity contribution >= 4 is 26.0 Å². The Bertz CT molecular complexity index is 390. The molecule has 0 saturated heterocycles. The van der Waals surface area contributed by atoms with Gasteiger partial charge in [-0.2, -0.15) is 8.42 Å². The highest BCUT2D eigenvalue weighted by molar-refractivity contribution is 9.10. The van der Waals surface area contributed by atoms with Gasteiger partial charge >= 0.3 is 0 Å². The topological polar surface area (TPSA) is 56.3 Å². The number of aromatic nitrogens is 1. The molecule has 0 fully saturated rings. The monoisotopic (exact) mass is 265 g/mol. The summed E-state index contributed by atoms with van der Waals surface area (Å²) in [6.45, 7) is -0.0295. The number of hydrogen-bond acceptors (Lipinski definition) is 4. The van der Waals surface area contributed by atoms with Crippen LogP contribution in [0, 0.1) is 0 Å². The smallest absolute Gasteiger partial charge is 0.264 e. The highest BCUT2D eigenvalue weighted by Crippen LogP contribution is 2.10. The summed E-state index contributed by atoms with van der Waals surface area (Å²) in [6, 6.07) is 3.45. The quantitative estimate of drug-likeness (QED) is 0.774. The van der Waals surface area contributed by atoms with Gasteiger partial charge in [-0.3, -0.25) is 9.17 Å². The molecule has 1 aromatic rings. The first kappa shape index (κ1) is 10.6. The molecule has 0 unspecified atom stereocenters. The molecule has 0 aliphatic carbocycles.